The fourth-order valence-corrected chi connectivity index (χ4v) is 5.52. The summed E-state index contributed by atoms with van der Waals surface area (Å²) in [6.45, 7) is 1.92. The van der Waals surface area contributed by atoms with Gasteiger partial charge in [0.2, 0.25) is 5.91 Å². The highest BCUT2D eigenvalue weighted by Gasteiger charge is 2.71. The Kier molecular flexibility index (Phi) is 9.33. The van der Waals surface area contributed by atoms with E-state index in [0.717, 1.165) is 40.3 Å². The first-order valence-electron chi connectivity index (χ1n) is 11.9. The summed E-state index contributed by atoms with van der Waals surface area (Å²) in [4.78, 5) is 14.2. The van der Waals surface area contributed by atoms with Gasteiger partial charge in [-0.1, -0.05) is 18.2 Å². The second-order valence-corrected chi connectivity index (χ2v) is 10.8. The number of sulfonamides is 1. The highest BCUT2D eigenvalue weighted by molar-refractivity contribution is 7.92. The van der Waals surface area contributed by atoms with Gasteiger partial charge >= 0.3 is 12.4 Å². The molecule has 1 amide bonds. The number of nitrogens with zero attached hydrogens (tertiary/aromatic N) is 2. The van der Waals surface area contributed by atoms with Crippen LogP contribution in [0.3, 0.4) is 0 Å². The van der Waals surface area contributed by atoms with Crippen LogP contribution in [0.4, 0.5) is 36.4 Å². The number of aliphatic hydroxyl groups is 1. The van der Waals surface area contributed by atoms with Gasteiger partial charge in [0.25, 0.3) is 15.6 Å². The van der Waals surface area contributed by atoms with Gasteiger partial charge in [0.15, 0.2) is 0 Å². The molecule has 0 aliphatic carbocycles. The second kappa shape index (κ2) is 12.0. The zero-order valence-corrected chi connectivity index (χ0v) is 22.1. The van der Waals surface area contributed by atoms with Gasteiger partial charge in [-0.15, -0.1) is 0 Å². The van der Waals surface area contributed by atoms with Gasteiger partial charge in [-0.05, 0) is 60.9 Å². The molecule has 2 N–H and O–H groups in total. The first-order valence-corrected chi connectivity index (χ1v) is 13.3. The number of carbonyl (C=O) groups is 1. The summed E-state index contributed by atoms with van der Waals surface area (Å²) < 4.78 is 118. The van der Waals surface area contributed by atoms with Crippen LogP contribution in [0.5, 0.6) is 0 Å². The molecule has 3 aromatic rings. The summed E-state index contributed by atoms with van der Waals surface area (Å²) in [6.07, 6.45) is -10.3. The minimum absolute atomic E-state index is 0.00437. The van der Waals surface area contributed by atoms with Gasteiger partial charge in [-0.2, -0.15) is 26.3 Å². The molecular weight excluding hydrogens is 583 g/mol. The van der Waals surface area contributed by atoms with E-state index in [2.05, 4.69) is 10.3 Å². The van der Waals surface area contributed by atoms with Crippen LogP contribution in [-0.4, -0.2) is 43.3 Å². The zero-order chi connectivity index (χ0) is 30.6. The van der Waals surface area contributed by atoms with E-state index >= 15 is 0 Å². The summed E-state index contributed by atoms with van der Waals surface area (Å²) in [5.74, 6) is -0.716. The van der Waals surface area contributed by atoms with E-state index in [9.17, 15) is 49.1 Å². The molecule has 0 saturated heterocycles. The SMILES string of the molecule is CC(=O)NCc1ccccn1.O=S(=O)(c1ccc(F)cc1)N1CCCc2cc(C(O)(C(F)(F)F)C(F)(F)F)ccc21. The van der Waals surface area contributed by atoms with E-state index in [1.54, 1.807) is 6.20 Å². The Bertz CT molecular complexity index is 1450. The van der Waals surface area contributed by atoms with Crippen LogP contribution >= 0.6 is 0 Å². The number of halogens is 7. The molecule has 1 aliphatic rings. The number of hydrogen-bond acceptors (Lipinski definition) is 5. The number of benzene rings is 2. The number of fused-ring (bicyclic) bond motifs is 1. The summed E-state index contributed by atoms with van der Waals surface area (Å²) in [5.41, 5.74) is -5.89. The third-order valence-corrected chi connectivity index (χ3v) is 7.87. The number of pyridine rings is 1. The Balaban J connectivity index is 0.000000352. The van der Waals surface area contributed by atoms with Gasteiger partial charge in [-0.3, -0.25) is 14.1 Å². The molecule has 7 nitrogen and oxygen atoms in total. The molecule has 0 radical (unpaired) electrons. The fraction of sp³-hybridized carbons (Fsp3) is 0.308. The summed E-state index contributed by atoms with van der Waals surface area (Å²) in [7, 11) is -4.24. The number of hydrogen-bond donors (Lipinski definition) is 2. The van der Waals surface area contributed by atoms with E-state index < -0.39 is 39.4 Å². The molecule has 1 aromatic heterocycles. The zero-order valence-electron chi connectivity index (χ0n) is 21.3. The number of carbonyl (C=O) groups excluding carboxylic acids is 1. The van der Waals surface area contributed by atoms with Gasteiger partial charge in [0, 0.05) is 25.2 Å². The van der Waals surface area contributed by atoms with E-state index in [1.807, 2.05) is 18.2 Å². The number of aromatic nitrogens is 1. The van der Waals surface area contributed by atoms with Crippen molar-refractivity contribution in [3.63, 3.8) is 0 Å². The van der Waals surface area contributed by atoms with Crippen molar-refractivity contribution in [3.05, 3.63) is 89.5 Å². The third kappa shape index (κ3) is 6.96. The lowest BCUT2D eigenvalue weighted by Crippen LogP contribution is -2.54. The van der Waals surface area contributed by atoms with Crippen molar-refractivity contribution >= 4 is 21.6 Å². The highest BCUT2D eigenvalue weighted by atomic mass is 32.2. The number of anilines is 1. The topological polar surface area (TPSA) is 99.6 Å². The van der Waals surface area contributed by atoms with Crippen molar-refractivity contribution in [1.29, 1.82) is 0 Å². The number of amides is 1. The maximum Gasteiger partial charge on any atom is 0.430 e. The number of rotatable bonds is 5. The lowest BCUT2D eigenvalue weighted by atomic mass is 9.89. The third-order valence-electron chi connectivity index (χ3n) is 6.04. The molecule has 2 aromatic carbocycles. The first kappa shape index (κ1) is 31.8. The van der Waals surface area contributed by atoms with Gasteiger partial charge in [-0.25, -0.2) is 12.8 Å². The van der Waals surface area contributed by atoms with Crippen LogP contribution in [-0.2, 0) is 33.4 Å². The molecule has 222 valence electrons. The Hall–Kier alpha value is -3.72. The molecule has 15 heteroatoms. The standard InChI is InChI=1S/C18H14F7NO3S.C8H10N2O/c19-13-4-6-14(7-5-13)30(28,29)26-9-1-2-11-10-12(3-8-15(11)26)16(27,17(20,21)22)18(23,24)25;1-7(11)10-6-8-4-2-3-5-9-8/h3-8,10,27H,1-2,9H2;2-5H,6H2,1H3,(H,10,11). The molecule has 2 heterocycles. The normalized spacial score (nSPS) is 14.0. The van der Waals surface area contributed by atoms with Gasteiger partial charge in [0.1, 0.15) is 5.82 Å². The minimum Gasteiger partial charge on any atom is -0.369 e. The molecule has 0 bridgehead atoms. The fourth-order valence-electron chi connectivity index (χ4n) is 3.98. The van der Waals surface area contributed by atoms with E-state index in [0.29, 0.717) is 18.7 Å². The van der Waals surface area contributed by atoms with E-state index in [-0.39, 0.29) is 41.4 Å². The Morgan fingerprint density at radius 3 is 2.17 bits per heavy atom. The number of nitrogens with one attached hydrogen (secondary N) is 1. The quantitative estimate of drug-likeness (QED) is 0.398. The highest BCUT2D eigenvalue weighted by Crippen LogP contribution is 2.51. The van der Waals surface area contributed by atoms with Crippen LogP contribution in [0.25, 0.3) is 0 Å². The molecule has 0 unspecified atom stereocenters. The van der Waals surface area contributed by atoms with E-state index in [4.69, 9.17) is 0 Å². The summed E-state index contributed by atoms with van der Waals surface area (Å²) in [5, 5.41) is 12.2. The van der Waals surface area contributed by atoms with Gasteiger partial charge in [0.05, 0.1) is 22.8 Å². The predicted molar refractivity (Wildman–Crippen MR) is 133 cm³/mol. The van der Waals surface area contributed by atoms with Crippen molar-refractivity contribution in [2.45, 2.75) is 49.2 Å². The summed E-state index contributed by atoms with van der Waals surface area (Å²) in [6, 6.07) is 11.1. The van der Waals surface area contributed by atoms with Crippen LogP contribution in [0, 0.1) is 5.82 Å². The summed E-state index contributed by atoms with van der Waals surface area (Å²) >= 11 is 0. The molecule has 0 saturated carbocycles. The van der Waals surface area contributed by atoms with Crippen molar-refractivity contribution in [3.8, 4) is 0 Å². The Morgan fingerprint density at radius 2 is 1.63 bits per heavy atom. The predicted octanol–water partition coefficient (Wildman–Crippen LogP) is 5.00. The Labute approximate surface area is 230 Å². The molecular formula is C26H24F7N3O4S. The maximum absolute atomic E-state index is 13.1. The molecule has 41 heavy (non-hydrogen) atoms. The molecule has 0 fully saturated rings. The first-order chi connectivity index (χ1) is 19.0. The van der Waals surface area contributed by atoms with Crippen molar-refractivity contribution < 1.29 is 49.1 Å². The second-order valence-electron chi connectivity index (χ2n) is 8.91. The smallest absolute Gasteiger partial charge is 0.369 e. The lowest BCUT2D eigenvalue weighted by molar-refractivity contribution is -0.376. The number of alkyl halides is 6. The monoisotopic (exact) mass is 607 g/mol. The van der Waals surface area contributed by atoms with Crippen LogP contribution in [0.1, 0.15) is 30.2 Å². The molecule has 0 spiro atoms. The minimum atomic E-state index is -6.05. The van der Waals surface area contributed by atoms with E-state index in [1.165, 1.54) is 6.92 Å². The molecule has 4 rings (SSSR count). The largest absolute Gasteiger partial charge is 0.430 e. The Morgan fingerprint density at radius 1 is 1.00 bits per heavy atom. The maximum atomic E-state index is 13.1. The average molecular weight is 608 g/mol. The van der Waals surface area contributed by atoms with Crippen molar-refractivity contribution in [2.24, 2.45) is 0 Å². The molecule has 0 atom stereocenters. The lowest BCUT2D eigenvalue weighted by Gasteiger charge is -2.35. The van der Waals surface area contributed by atoms with Crippen LogP contribution in [0.15, 0.2) is 71.8 Å². The van der Waals surface area contributed by atoms with Crippen molar-refractivity contribution in [1.82, 2.24) is 10.3 Å². The average Bonchev–Trinajstić information content (AvgIpc) is 2.90. The molecule has 1 aliphatic heterocycles. The van der Waals surface area contributed by atoms with Crippen LogP contribution in [0.2, 0.25) is 0 Å². The number of aryl methyl sites for hydroxylation is 1. The van der Waals surface area contributed by atoms with Crippen molar-refractivity contribution in [2.75, 3.05) is 10.8 Å². The van der Waals surface area contributed by atoms with Crippen LogP contribution < -0.4 is 9.62 Å². The van der Waals surface area contributed by atoms with Gasteiger partial charge < -0.3 is 10.4 Å².